The monoisotopic (exact) mass is 340 g/mol. The summed E-state index contributed by atoms with van der Waals surface area (Å²) in [5.74, 6) is -0.154. The number of fused-ring (bicyclic) bond motifs is 1. The lowest BCUT2D eigenvalue weighted by molar-refractivity contribution is 0.0110. The molecule has 0 radical (unpaired) electrons. The number of hydrogen-bond donors (Lipinski definition) is 0. The molecule has 4 heteroatoms. The maximum absolute atomic E-state index is 13.5. The van der Waals surface area contributed by atoms with E-state index in [4.69, 9.17) is 0 Å². The van der Waals surface area contributed by atoms with E-state index in [1.165, 1.54) is 31.9 Å². The van der Waals surface area contributed by atoms with Crippen molar-refractivity contribution in [2.75, 3.05) is 19.6 Å². The van der Waals surface area contributed by atoms with Crippen LogP contribution in [-0.4, -0.2) is 41.5 Å². The van der Waals surface area contributed by atoms with Crippen LogP contribution in [0.4, 0.5) is 4.39 Å². The van der Waals surface area contributed by atoms with E-state index in [-0.39, 0.29) is 5.82 Å². The highest BCUT2D eigenvalue weighted by molar-refractivity contribution is 9.10. The Bertz CT molecular complexity index is 459. The lowest BCUT2D eigenvalue weighted by Crippen LogP contribution is -2.58. The molecular formula is C16H22BrFN2. The number of rotatable bonds is 2. The van der Waals surface area contributed by atoms with Gasteiger partial charge in [-0.1, -0.05) is 22.4 Å². The highest BCUT2D eigenvalue weighted by Crippen LogP contribution is 2.26. The Morgan fingerprint density at radius 1 is 1.25 bits per heavy atom. The van der Waals surface area contributed by atoms with Crippen LogP contribution in [0.2, 0.25) is 0 Å². The number of nitrogens with zero attached hydrogens (tertiary/aromatic N) is 2. The van der Waals surface area contributed by atoms with Gasteiger partial charge in [0.2, 0.25) is 0 Å². The zero-order chi connectivity index (χ0) is 14.1. The topological polar surface area (TPSA) is 6.48 Å². The van der Waals surface area contributed by atoms with Crippen LogP contribution in [0.3, 0.4) is 0 Å². The highest BCUT2D eigenvalue weighted by Gasteiger charge is 2.32. The molecule has 0 saturated carbocycles. The van der Waals surface area contributed by atoms with Crippen LogP contribution in [0.5, 0.6) is 0 Å². The largest absolute Gasteiger partial charge is 0.298 e. The molecule has 0 spiro atoms. The summed E-state index contributed by atoms with van der Waals surface area (Å²) in [6.45, 7) is 6.67. The van der Waals surface area contributed by atoms with Gasteiger partial charge in [-0.3, -0.25) is 9.80 Å². The smallest absolute Gasteiger partial charge is 0.124 e. The number of halogens is 2. The Labute approximate surface area is 129 Å². The van der Waals surface area contributed by atoms with E-state index in [9.17, 15) is 4.39 Å². The second-order valence-corrected chi connectivity index (χ2v) is 7.12. The molecule has 2 saturated heterocycles. The van der Waals surface area contributed by atoms with Crippen LogP contribution in [0.1, 0.15) is 31.7 Å². The van der Waals surface area contributed by atoms with Crippen molar-refractivity contribution in [1.82, 2.24) is 9.80 Å². The van der Waals surface area contributed by atoms with Crippen LogP contribution < -0.4 is 0 Å². The van der Waals surface area contributed by atoms with Crippen molar-refractivity contribution in [3.63, 3.8) is 0 Å². The van der Waals surface area contributed by atoms with Crippen LogP contribution in [0, 0.1) is 5.82 Å². The van der Waals surface area contributed by atoms with Crippen LogP contribution in [0.25, 0.3) is 0 Å². The zero-order valence-corrected chi connectivity index (χ0v) is 13.6. The Kier molecular flexibility index (Phi) is 4.43. The van der Waals surface area contributed by atoms with E-state index in [0.29, 0.717) is 12.1 Å². The Balaban J connectivity index is 1.70. The summed E-state index contributed by atoms with van der Waals surface area (Å²) in [7, 11) is 0. The normalized spacial score (nSPS) is 28.4. The molecule has 2 fully saturated rings. The maximum atomic E-state index is 13.5. The standard InChI is InChI=1S/C16H22BrFN2/c1-12-9-19-5-3-2-4-16(19)11-20(12)10-13-6-14(17)8-15(18)7-13/h6-8,12,16H,2-5,9-11H2,1H3. The molecule has 3 rings (SSSR count). The summed E-state index contributed by atoms with van der Waals surface area (Å²) in [6.07, 6.45) is 4.02. The van der Waals surface area contributed by atoms with Gasteiger partial charge in [-0.25, -0.2) is 4.39 Å². The highest BCUT2D eigenvalue weighted by atomic mass is 79.9. The van der Waals surface area contributed by atoms with E-state index < -0.39 is 0 Å². The van der Waals surface area contributed by atoms with Crippen molar-refractivity contribution in [2.45, 2.75) is 44.8 Å². The summed E-state index contributed by atoms with van der Waals surface area (Å²) < 4.78 is 14.3. The van der Waals surface area contributed by atoms with E-state index >= 15 is 0 Å². The predicted molar refractivity (Wildman–Crippen MR) is 83.2 cm³/mol. The van der Waals surface area contributed by atoms with E-state index in [1.807, 2.05) is 6.07 Å². The first-order chi connectivity index (χ1) is 9.61. The second kappa shape index (κ2) is 6.12. The lowest BCUT2D eigenvalue weighted by atomic mass is 9.97. The van der Waals surface area contributed by atoms with Crippen LogP contribution >= 0.6 is 15.9 Å². The Hall–Kier alpha value is -0.450. The maximum Gasteiger partial charge on any atom is 0.124 e. The quantitative estimate of drug-likeness (QED) is 0.810. The summed E-state index contributed by atoms with van der Waals surface area (Å²) >= 11 is 3.38. The van der Waals surface area contributed by atoms with Gasteiger partial charge in [0.25, 0.3) is 0 Å². The molecule has 0 aromatic heterocycles. The molecule has 1 aromatic carbocycles. The van der Waals surface area contributed by atoms with Crippen molar-refractivity contribution in [1.29, 1.82) is 0 Å². The molecule has 110 valence electrons. The van der Waals surface area contributed by atoms with Crippen LogP contribution in [0.15, 0.2) is 22.7 Å². The second-order valence-electron chi connectivity index (χ2n) is 6.20. The fourth-order valence-corrected chi connectivity index (χ4v) is 4.08. The van der Waals surface area contributed by atoms with Gasteiger partial charge in [0.15, 0.2) is 0 Å². The third kappa shape index (κ3) is 3.23. The first-order valence-electron chi connectivity index (χ1n) is 7.55. The Morgan fingerprint density at radius 3 is 2.90 bits per heavy atom. The van der Waals surface area contributed by atoms with Crippen molar-refractivity contribution in [3.05, 3.63) is 34.1 Å². The molecule has 0 bridgehead atoms. The molecule has 1 aromatic rings. The van der Waals surface area contributed by atoms with Gasteiger partial charge < -0.3 is 0 Å². The molecule has 0 N–H and O–H groups in total. The summed E-state index contributed by atoms with van der Waals surface area (Å²) in [5, 5.41) is 0. The fourth-order valence-electron chi connectivity index (χ4n) is 3.57. The van der Waals surface area contributed by atoms with Crippen molar-refractivity contribution < 1.29 is 4.39 Å². The third-order valence-electron chi connectivity index (χ3n) is 4.62. The van der Waals surface area contributed by atoms with Crippen molar-refractivity contribution >= 4 is 15.9 Å². The summed E-state index contributed by atoms with van der Waals surface area (Å²) in [6, 6.07) is 6.46. The van der Waals surface area contributed by atoms with E-state index in [0.717, 1.165) is 29.7 Å². The molecule has 20 heavy (non-hydrogen) atoms. The predicted octanol–water partition coefficient (Wildman–Crippen LogP) is 3.65. The first-order valence-corrected chi connectivity index (χ1v) is 8.34. The average molecular weight is 341 g/mol. The minimum Gasteiger partial charge on any atom is -0.298 e. The summed E-state index contributed by atoms with van der Waals surface area (Å²) in [5.41, 5.74) is 1.06. The molecule has 2 unspecified atom stereocenters. The van der Waals surface area contributed by atoms with Gasteiger partial charge in [0, 0.05) is 36.2 Å². The zero-order valence-electron chi connectivity index (χ0n) is 12.0. The van der Waals surface area contributed by atoms with Gasteiger partial charge in [-0.15, -0.1) is 0 Å². The molecule has 0 amide bonds. The van der Waals surface area contributed by atoms with Gasteiger partial charge in [0.1, 0.15) is 5.82 Å². The molecular weight excluding hydrogens is 319 g/mol. The average Bonchev–Trinajstić information content (AvgIpc) is 2.38. The van der Waals surface area contributed by atoms with E-state index in [2.05, 4.69) is 32.7 Å². The number of benzene rings is 1. The first kappa shape index (κ1) is 14.5. The van der Waals surface area contributed by atoms with Gasteiger partial charge in [-0.05, 0) is 50.1 Å². The molecule has 2 aliphatic rings. The minimum absolute atomic E-state index is 0.154. The molecule has 0 aliphatic carbocycles. The SMILES string of the molecule is CC1CN2CCCCC2CN1Cc1cc(F)cc(Br)c1. The molecule has 2 heterocycles. The van der Waals surface area contributed by atoms with Crippen LogP contribution in [-0.2, 0) is 6.54 Å². The van der Waals surface area contributed by atoms with E-state index in [1.54, 1.807) is 6.07 Å². The van der Waals surface area contributed by atoms with Gasteiger partial charge in [-0.2, -0.15) is 0 Å². The molecule has 2 aliphatic heterocycles. The third-order valence-corrected chi connectivity index (χ3v) is 5.08. The minimum atomic E-state index is -0.154. The van der Waals surface area contributed by atoms with Gasteiger partial charge >= 0.3 is 0 Å². The number of piperidine rings is 1. The number of hydrogen-bond acceptors (Lipinski definition) is 2. The summed E-state index contributed by atoms with van der Waals surface area (Å²) in [4.78, 5) is 5.15. The Morgan fingerprint density at radius 2 is 2.10 bits per heavy atom. The molecule has 2 atom stereocenters. The number of piperazine rings is 1. The van der Waals surface area contributed by atoms with Crippen molar-refractivity contribution in [3.8, 4) is 0 Å². The molecule has 2 nitrogen and oxygen atoms in total. The lowest BCUT2D eigenvalue weighted by Gasteiger charge is -2.47. The fraction of sp³-hybridized carbons (Fsp3) is 0.625. The van der Waals surface area contributed by atoms with Crippen molar-refractivity contribution in [2.24, 2.45) is 0 Å². The van der Waals surface area contributed by atoms with Gasteiger partial charge in [0.05, 0.1) is 0 Å².